The van der Waals surface area contributed by atoms with E-state index in [9.17, 15) is 34.8 Å². The molecule has 0 aromatic carbocycles. The number of aliphatic hydroxyl groups is 4. The Morgan fingerprint density at radius 2 is 2.08 bits per heavy atom. The van der Waals surface area contributed by atoms with Crippen LogP contribution in [0.1, 0.15) is 20.3 Å². The summed E-state index contributed by atoms with van der Waals surface area (Å²) in [6.45, 7) is 1.28. The Morgan fingerprint density at radius 1 is 1.42 bits per heavy atom. The van der Waals surface area contributed by atoms with E-state index < -0.39 is 41.6 Å². The third-order valence-corrected chi connectivity index (χ3v) is 4.42. The number of carbonyl (C=O) groups is 3. The molecule has 2 bridgehead atoms. The summed E-state index contributed by atoms with van der Waals surface area (Å²) in [4.78, 5) is 36.0. The van der Waals surface area contributed by atoms with Crippen LogP contribution in [0.2, 0.25) is 0 Å². The van der Waals surface area contributed by atoms with Gasteiger partial charge in [0.25, 0.3) is 17.5 Å². The summed E-state index contributed by atoms with van der Waals surface area (Å²) in [7, 11) is 0. The van der Waals surface area contributed by atoms with Crippen molar-refractivity contribution in [3.05, 3.63) is 11.6 Å². The van der Waals surface area contributed by atoms with Gasteiger partial charge in [0.15, 0.2) is 0 Å². The van der Waals surface area contributed by atoms with Crippen molar-refractivity contribution in [3.63, 3.8) is 0 Å². The van der Waals surface area contributed by atoms with E-state index in [1.165, 1.54) is 13.0 Å². The smallest absolute Gasteiger partial charge is 0.280 e. The zero-order valence-electron chi connectivity index (χ0n) is 14.4. The summed E-state index contributed by atoms with van der Waals surface area (Å²) < 4.78 is 5.39. The summed E-state index contributed by atoms with van der Waals surface area (Å²) in [5.74, 6) is -2.49. The van der Waals surface area contributed by atoms with Gasteiger partial charge in [-0.05, 0) is 18.9 Å². The average Bonchev–Trinajstić information content (AvgIpc) is 2.55. The number of hydrogen-bond donors (Lipinski definition) is 7. The number of fused-ring (bicyclic) bond motifs is 5. The second-order valence-corrected chi connectivity index (χ2v) is 6.54. The minimum Gasteiger partial charge on any atom is -0.393 e. The molecular weight excluding hydrogens is 350 g/mol. The molecule has 146 valence electrons. The molecule has 0 aliphatic carbocycles. The predicted octanol–water partition coefficient (Wildman–Crippen LogP) is -3.80. The molecule has 7 N–H and O–H groups in total. The van der Waals surface area contributed by atoms with E-state index in [4.69, 9.17) is 4.74 Å². The topological polar surface area (TPSA) is 177 Å². The molecule has 3 rings (SSSR count). The summed E-state index contributed by atoms with van der Waals surface area (Å²) in [6, 6.07) is 0. The van der Waals surface area contributed by atoms with E-state index in [1.807, 2.05) is 0 Å². The van der Waals surface area contributed by atoms with E-state index in [2.05, 4.69) is 16.0 Å². The van der Waals surface area contributed by atoms with E-state index in [-0.39, 0.29) is 31.1 Å². The van der Waals surface area contributed by atoms with Crippen molar-refractivity contribution in [3.8, 4) is 0 Å². The van der Waals surface area contributed by atoms with Gasteiger partial charge in [-0.1, -0.05) is 6.08 Å². The quantitative estimate of drug-likeness (QED) is 0.240. The van der Waals surface area contributed by atoms with Gasteiger partial charge >= 0.3 is 0 Å². The fraction of sp³-hybridized carbons (Fsp3) is 0.667. The molecule has 0 radical (unpaired) electrons. The van der Waals surface area contributed by atoms with E-state index in [0.29, 0.717) is 0 Å². The number of hydrogen-bond acceptors (Lipinski definition) is 8. The lowest BCUT2D eigenvalue weighted by Gasteiger charge is -2.50. The number of amides is 3. The molecule has 4 atom stereocenters. The minimum atomic E-state index is -2.40. The van der Waals surface area contributed by atoms with Crippen LogP contribution in [0.25, 0.3) is 0 Å². The van der Waals surface area contributed by atoms with Crippen LogP contribution in [-0.4, -0.2) is 81.1 Å². The molecule has 3 fully saturated rings. The maximum atomic E-state index is 12.6. The highest BCUT2D eigenvalue weighted by Gasteiger charge is 2.63. The Hall–Kier alpha value is -2.05. The van der Waals surface area contributed by atoms with Crippen LogP contribution in [0.4, 0.5) is 0 Å². The number of piperazine rings is 1. The van der Waals surface area contributed by atoms with Crippen LogP contribution in [-0.2, 0) is 19.1 Å². The van der Waals surface area contributed by atoms with Gasteiger partial charge in [0.05, 0.1) is 13.2 Å². The van der Waals surface area contributed by atoms with Crippen molar-refractivity contribution in [1.82, 2.24) is 16.0 Å². The van der Waals surface area contributed by atoms with Gasteiger partial charge in [0.1, 0.15) is 11.7 Å². The van der Waals surface area contributed by atoms with Gasteiger partial charge in [-0.25, -0.2) is 0 Å². The normalized spacial score (nSPS) is 33.5. The first-order valence-corrected chi connectivity index (χ1v) is 7.96. The first kappa shape index (κ1) is 20.3. The van der Waals surface area contributed by atoms with E-state index >= 15 is 0 Å². The highest BCUT2D eigenvalue weighted by molar-refractivity contribution is 6.03. The molecule has 0 saturated carbocycles. The molecule has 3 aliphatic rings. The number of carbonyl (C=O) groups excluding carboxylic acids is 3. The zero-order valence-corrected chi connectivity index (χ0v) is 14.4. The van der Waals surface area contributed by atoms with Crippen LogP contribution in [0.5, 0.6) is 0 Å². The van der Waals surface area contributed by atoms with Crippen LogP contribution in [0, 0.1) is 0 Å². The Kier molecular flexibility index (Phi) is 5.40. The van der Waals surface area contributed by atoms with Crippen LogP contribution in [0.15, 0.2) is 11.6 Å². The predicted molar refractivity (Wildman–Crippen MR) is 85.0 cm³/mol. The number of rotatable bonds is 5. The molecule has 3 heterocycles. The van der Waals surface area contributed by atoms with Gasteiger partial charge in [0.2, 0.25) is 11.6 Å². The van der Waals surface area contributed by atoms with Crippen LogP contribution in [0.3, 0.4) is 0 Å². The minimum absolute atomic E-state index is 0.000474. The van der Waals surface area contributed by atoms with Crippen LogP contribution >= 0.6 is 0 Å². The second-order valence-electron chi connectivity index (χ2n) is 6.54. The lowest BCUT2D eigenvalue weighted by Crippen LogP contribution is -2.82. The first-order chi connectivity index (χ1) is 12.0. The molecule has 0 unspecified atom stereocenters. The summed E-state index contributed by atoms with van der Waals surface area (Å²) in [6.07, 6.45) is -0.638. The van der Waals surface area contributed by atoms with Gasteiger partial charge in [-0.3, -0.25) is 14.4 Å². The standard InChI is InChI=1S/C15H23N3O8/c1-8(20)16-5-3-9-4-6-26-15(10(21)13(2,24)7-19)12(23)17-14(9,25)11(22)18-15/h3,10,19,21,24-25H,4-7H2,1-2H3,(H,16,20)(H,17,23)(H,18,22)/b9-3+/t10-,13+,14-,15+/m1/s1. The number of ether oxygens (including phenoxy) is 1. The summed E-state index contributed by atoms with van der Waals surface area (Å²) >= 11 is 0. The summed E-state index contributed by atoms with van der Waals surface area (Å²) in [5, 5.41) is 47.0. The maximum Gasteiger partial charge on any atom is 0.280 e. The molecule has 3 aliphatic heterocycles. The molecule has 11 nitrogen and oxygen atoms in total. The van der Waals surface area contributed by atoms with Gasteiger partial charge in [-0.2, -0.15) is 0 Å². The fourth-order valence-electron chi connectivity index (χ4n) is 2.82. The lowest BCUT2D eigenvalue weighted by atomic mass is 9.84. The third-order valence-electron chi connectivity index (χ3n) is 4.42. The summed E-state index contributed by atoms with van der Waals surface area (Å²) in [5.41, 5.74) is -6.84. The van der Waals surface area contributed by atoms with Crippen molar-refractivity contribution in [2.75, 3.05) is 19.8 Å². The van der Waals surface area contributed by atoms with E-state index in [0.717, 1.165) is 6.92 Å². The molecule has 26 heavy (non-hydrogen) atoms. The highest BCUT2D eigenvalue weighted by Crippen LogP contribution is 2.33. The van der Waals surface area contributed by atoms with Gasteiger partial charge < -0.3 is 41.1 Å². The lowest BCUT2D eigenvalue weighted by molar-refractivity contribution is -0.230. The average molecular weight is 373 g/mol. The number of aliphatic hydroxyl groups excluding tert-OH is 2. The highest BCUT2D eigenvalue weighted by atomic mass is 16.5. The Balaban J connectivity index is 2.37. The maximum absolute atomic E-state index is 12.6. The van der Waals surface area contributed by atoms with E-state index in [1.54, 1.807) is 0 Å². The monoisotopic (exact) mass is 373 g/mol. The fourth-order valence-corrected chi connectivity index (χ4v) is 2.82. The van der Waals surface area contributed by atoms with Crippen molar-refractivity contribution >= 4 is 17.7 Å². The zero-order chi connectivity index (χ0) is 19.8. The van der Waals surface area contributed by atoms with Gasteiger partial charge in [-0.15, -0.1) is 0 Å². The molecule has 0 aromatic rings. The number of nitrogens with one attached hydrogen (secondary N) is 3. The first-order valence-electron chi connectivity index (χ1n) is 7.96. The Morgan fingerprint density at radius 3 is 2.65 bits per heavy atom. The van der Waals surface area contributed by atoms with Crippen molar-refractivity contribution in [2.45, 2.75) is 43.4 Å². The SMILES string of the molecule is CC(=O)NC/C=C1\CCO[C@]2([C@H](O)[C@@](C)(O)CO)NC(=O)[C@@]1(O)NC2=O. The Bertz CT molecular complexity index is 649. The van der Waals surface area contributed by atoms with Gasteiger partial charge in [0, 0.05) is 13.5 Å². The molecular formula is C15H23N3O8. The second kappa shape index (κ2) is 6.93. The third kappa shape index (κ3) is 3.31. The van der Waals surface area contributed by atoms with Crippen molar-refractivity contribution in [2.24, 2.45) is 0 Å². The van der Waals surface area contributed by atoms with Crippen LogP contribution < -0.4 is 16.0 Å². The Labute approximate surface area is 149 Å². The van der Waals surface area contributed by atoms with Crippen molar-refractivity contribution < 1.29 is 39.5 Å². The molecule has 3 saturated heterocycles. The van der Waals surface area contributed by atoms with Crippen molar-refractivity contribution in [1.29, 1.82) is 0 Å². The largest absolute Gasteiger partial charge is 0.393 e. The molecule has 3 amide bonds. The molecule has 0 spiro atoms. The molecule has 0 aromatic heterocycles. The molecule has 11 heteroatoms.